The van der Waals surface area contributed by atoms with Gasteiger partial charge in [-0.25, -0.2) is 0 Å². The first-order valence-electron chi connectivity index (χ1n) is 9.32. The summed E-state index contributed by atoms with van der Waals surface area (Å²) in [4.78, 5) is 24.6. The van der Waals surface area contributed by atoms with Crippen LogP contribution in [-0.2, 0) is 27.3 Å². The fourth-order valence-corrected chi connectivity index (χ4v) is 3.51. The number of hydrogen-bond donors (Lipinski definition) is 3. The van der Waals surface area contributed by atoms with E-state index in [0.29, 0.717) is 30.9 Å². The number of ether oxygens (including phenoxy) is 1. The van der Waals surface area contributed by atoms with E-state index >= 15 is 0 Å². The van der Waals surface area contributed by atoms with Gasteiger partial charge < -0.3 is 20.7 Å². The topological polar surface area (TPSA) is 79.5 Å². The average Bonchev–Trinajstić information content (AvgIpc) is 3.24. The molecule has 0 aromatic heterocycles. The van der Waals surface area contributed by atoms with E-state index in [1.807, 2.05) is 12.1 Å². The highest BCUT2D eigenvalue weighted by Gasteiger charge is 2.25. The summed E-state index contributed by atoms with van der Waals surface area (Å²) in [6.45, 7) is 1.34. The summed E-state index contributed by atoms with van der Waals surface area (Å²) in [5.74, 6) is -0.171. The Hall–Kier alpha value is -2.70. The van der Waals surface area contributed by atoms with E-state index in [1.165, 1.54) is 11.1 Å². The van der Waals surface area contributed by atoms with Crippen molar-refractivity contribution in [2.75, 3.05) is 17.2 Å². The van der Waals surface area contributed by atoms with Crippen LogP contribution < -0.4 is 16.0 Å². The number of amides is 2. The number of hydrogen-bond acceptors (Lipinski definition) is 4. The minimum atomic E-state index is -0.357. The normalized spacial score (nSPS) is 21.3. The van der Waals surface area contributed by atoms with Crippen LogP contribution in [0.15, 0.2) is 48.5 Å². The largest absolute Gasteiger partial charge is 0.368 e. The van der Waals surface area contributed by atoms with Crippen molar-refractivity contribution in [2.24, 2.45) is 0 Å². The zero-order valence-electron chi connectivity index (χ0n) is 15.0. The molecule has 2 unspecified atom stereocenters. The molecule has 1 saturated heterocycles. The molecule has 3 N–H and O–H groups in total. The second-order valence-electron chi connectivity index (χ2n) is 6.96. The Morgan fingerprint density at radius 1 is 0.926 bits per heavy atom. The minimum absolute atomic E-state index is 0.0550. The molecule has 0 aliphatic carbocycles. The lowest BCUT2D eigenvalue weighted by molar-refractivity contribution is -0.124. The molecule has 27 heavy (non-hydrogen) atoms. The lowest BCUT2D eigenvalue weighted by atomic mass is 9.95. The van der Waals surface area contributed by atoms with Crippen LogP contribution in [-0.4, -0.2) is 30.6 Å². The molecule has 2 atom stereocenters. The van der Waals surface area contributed by atoms with Crippen molar-refractivity contribution in [3.05, 3.63) is 59.7 Å². The Morgan fingerprint density at radius 2 is 1.59 bits per heavy atom. The number of anilines is 2. The standard InChI is InChI=1S/C21H23N3O3/c25-20(18-12-14-4-1-2-5-15(14)13-22-18)23-16-7-9-17(10-8-16)24-21(26)19-6-3-11-27-19/h1-2,4-5,7-10,18-19,22H,3,6,11-13H2,(H,23,25)(H,24,26). The number of nitrogens with one attached hydrogen (secondary N) is 3. The Labute approximate surface area is 158 Å². The third kappa shape index (κ3) is 4.18. The minimum Gasteiger partial charge on any atom is -0.368 e. The molecule has 2 aromatic carbocycles. The monoisotopic (exact) mass is 365 g/mol. The van der Waals surface area contributed by atoms with Gasteiger partial charge in [0.1, 0.15) is 6.10 Å². The quantitative estimate of drug-likeness (QED) is 0.778. The highest BCUT2D eigenvalue weighted by Crippen LogP contribution is 2.19. The molecule has 0 bridgehead atoms. The number of carbonyl (C=O) groups excluding carboxylic acids is 2. The number of carbonyl (C=O) groups is 2. The van der Waals surface area contributed by atoms with Gasteiger partial charge in [0, 0.05) is 24.5 Å². The lowest BCUT2D eigenvalue weighted by Crippen LogP contribution is -2.44. The molecular weight excluding hydrogens is 342 g/mol. The molecule has 2 heterocycles. The number of rotatable bonds is 4. The van der Waals surface area contributed by atoms with E-state index in [4.69, 9.17) is 4.74 Å². The fraction of sp³-hybridized carbons (Fsp3) is 0.333. The van der Waals surface area contributed by atoms with Crippen LogP contribution in [0.2, 0.25) is 0 Å². The molecule has 2 aliphatic rings. The van der Waals surface area contributed by atoms with Crippen LogP contribution in [0, 0.1) is 0 Å². The van der Waals surface area contributed by atoms with Crippen LogP contribution in [0.3, 0.4) is 0 Å². The van der Waals surface area contributed by atoms with Crippen LogP contribution in [0.4, 0.5) is 11.4 Å². The van der Waals surface area contributed by atoms with Crippen molar-refractivity contribution in [2.45, 2.75) is 38.0 Å². The Morgan fingerprint density at radius 3 is 2.26 bits per heavy atom. The summed E-state index contributed by atoms with van der Waals surface area (Å²) >= 11 is 0. The van der Waals surface area contributed by atoms with Crippen molar-refractivity contribution in [1.29, 1.82) is 0 Å². The fourth-order valence-electron chi connectivity index (χ4n) is 3.51. The van der Waals surface area contributed by atoms with Crippen LogP contribution in [0.25, 0.3) is 0 Å². The summed E-state index contributed by atoms with van der Waals surface area (Å²) in [6.07, 6.45) is 2.00. The summed E-state index contributed by atoms with van der Waals surface area (Å²) in [7, 11) is 0. The number of fused-ring (bicyclic) bond motifs is 1. The van der Waals surface area contributed by atoms with E-state index in [2.05, 4.69) is 28.1 Å². The molecule has 6 heteroatoms. The third-order valence-corrected chi connectivity index (χ3v) is 5.04. The van der Waals surface area contributed by atoms with Gasteiger partial charge in [-0.05, 0) is 54.7 Å². The summed E-state index contributed by atoms with van der Waals surface area (Å²) < 4.78 is 5.38. The second kappa shape index (κ2) is 7.90. The Kier molecular flexibility index (Phi) is 5.18. The average molecular weight is 365 g/mol. The van der Waals surface area contributed by atoms with E-state index in [0.717, 1.165) is 12.8 Å². The maximum atomic E-state index is 12.6. The summed E-state index contributed by atoms with van der Waals surface area (Å²) in [6, 6.07) is 15.1. The van der Waals surface area contributed by atoms with Gasteiger partial charge in [0.25, 0.3) is 5.91 Å². The summed E-state index contributed by atoms with van der Waals surface area (Å²) in [5.41, 5.74) is 3.85. The van der Waals surface area contributed by atoms with Crippen molar-refractivity contribution in [3.8, 4) is 0 Å². The predicted octanol–water partition coefficient (Wildman–Crippen LogP) is 2.46. The SMILES string of the molecule is O=C(Nc1ccc(NC(=O)C2CCCO2)cc1)C1Cc2ccccc2CN1. The van der Waals surface area contributed by atoms with Crippen molar-refractivity contribution < 1.29 is 14.3 Å². The second-order valence-corrected chi connectivity index (χ2v) is 6.96. The van der Waals surface area contributed by atoms with Gasteiger partial charge in [-0.2, -0.15) is 0 Å². The van der Waals surface area contributed by atoms with Gasteiger partial charge in [-0.15, -0.1) is 0 Å². The number of benzene rings is 2. The molecule has 0 radical (unpaired) electrons. The van der Waals surface area contributed by atoms with E-state index in [1.54, 1.807) is 24.3 Å². The molecule has 0 spiro atoms. The highest BCUT2D eigenvalue weighted by molar-refractivity contribution is 5.96. The molecular formula is C21H23N3O3. The third-order valence-electron chi connectivity index (χ3n) is 5.04. The van der Waals surface area contributed by atoms with Gasteiger partial charge in [0.05, 0.1) is 6.04 Å². The maximum Gasteiger partial charge on any atom is 0.253 e. The van der Waals surface area contributed by atoms with Gasteiger partial charge in [0.2, 0.25) is 5.91 Å². The zero-order valence-corrected chi connectivity index (χ0v) is 15.0. The van der Waals surface area contributed by atoms with E-state index in [-0.39, 0.29) is 24.0 Å². The van der Waals surface area contributed by atoms with Crippen molar-refractivity contribution >= 4 is 23.2 Å². The first-order chi connectivity index (χ1) is 13.2. The van der Waals surface area contributed by atoms with E-state index < -0.39 is 0 Å². The molecule has 0 saturated carbocycles. The first-order valence-corrected chi connectivity index (χ1v) is 9.32. The Bertz CT molecular complexity index is 829. The van der Waals surface area contributed by atoms with E-state index in [9.17, 15) is 9.59 Å². The van der Waals surface area contributed by atoms with Crippen LogP contribution in [0.1, 0.15) is 24.0 Å². The van der Waals surface area contributed by atoms with Crippen LogP contribution >= 0.6 is 0 Å². The molecule has 2 amide bonds. The van der Waals surface area contributed by atoms with Gasteiger partial charge in [-0.3, -0.25) is 9.59 Å². The van der Waals surface area contributed by atoms with Crippen molar-refractivity contribution in [1.82, 2.24) is 5.32 Å². The van der Waals surface area contributed by atoms with Gasteiger partial charge in [0.15, 0.2) is 0 Å². The van der Waals surface area contributed by atoms with Crippen LogP contribution in [0.5, 0.6) is 0 Å². The first kappa shape index (κ1) is 17.7. The predicted molar refractivity (Wildman–Crippen MR) is 103 cm³/mol. The van der Waals surface area contributed by atoms with Gasteiger partial charge in [-0.1, -0.05) is 24.3 Å². The molecule has 140 valence electrons. The molecule has 4 rings (SSSR count). The molecule has 2 aliphatic heterocycles. The Balaban J connectivity index is 1.33. The molecule has 1 fully saturated rings. The summed E-state index contributed by atoms with van der Waals surface area (Å²) in [5, 5.41) is 9.07. The van der Waals surface area contributed by atoms with Gasteiger partial charge >= 0.3 is 0 Å². The van der Waals surface area contributed by atoms with Crippen molar-refractivity contribution in [3.63, 3.8) is 0 Å². The maximum absolute atomic E-state index is 12.6. The molecule has 2 aromatic rings. The molecule has 6 nitrogen and oxygen atoms in total. The zero-order chi connectivity index (χ0) is 18.6. The highest BCUT2D eigenvalue weighted by atomic mass is 16.5. The lowest BCUT2D eigenvalue weighted by Gasteiger charge is -2.25. The smallest absolute Gasteiger partial charge is 0.253 e.